The number of nitro groups is 1. The molecule has 0 unspecified atom stereocenters. The summed E-state index contributed by atoms with van der Waals surface area (Å²) in [6.45, 7) is 3.24. The highest BCUT2D eigenvalue weighted by atomic mass is 35.5. The van der Waals surface area contributed by atoms with E-state index in [2.05, 4.69) is 4.72 Å². The molecule has 130 valence electrons. The molecule has 2 rings (SSSR count). The second-order valence-corrected chi connectivity index (χ2v) is 7.58. The minimum Gasteiger partial charge on any atom is -0.328 e. The molecule has 0 aliphatic heterocycles. The Morgan fingerprint density at radius 2 is 1.74 bits per heavy atom. The van der Waals surface area contributed by atoms with Gasteiger partial charge in [0.25, 0.3) is 5.69 Å². The number of halogens is 1. The van der Waals surface area contributed by atoms with E-state index in [1.54, 1.807) is 13.8 Å². The molecule has 0 saturated heterocycles. The van der Waals surface area contributed by atoms with Crippen molar-refractivity contribution in [3.63, 3.8) is 0 Å². The first-order chi connectivity index (χ1) is 10.2. The zero-order valence-electron chi connectivity index (χ0n) is 13.1. The van der Waals surface area contributed by atoms with Crippen molar-refractivity contribution < 1.29 is 13.3 Å². The summed E-state index contributed by atoms with van der Waals surface area (Å²) in [4.78, 5) is 10.4. The molecular weight excluding hydrogens is 342 g/mol. The van der Waals surface area contributed by atoms with Crippen LogP contribution in [0.25, 0.3) is 0 Å². The summed E-state index contributed by atoms with van der Waals surface area (Å²) in [6, 6.07) is 2.64. The third kappa shape index (κ3) is 4.63. The Kier molecular flexibility index (Phi) is 6.52. The topological polar surface area (TPSA) is 115 Å². The van der Waals surface area contributed by atoms with Gasteiger partial charge < -0.3 is 5.73 Å². The molecule has 1 saturated carbocycles. The molecular formula is C14H22ClN3O4S. The predicted octanol–water partition coefficient (Wildman–Crippen LogP) is 2.18. The molecule has 3 N–H and O–H groups in total. The monoisotopic (exact) mass is 363 g/mol. The fraction of sp³-hybridized carbons (Fsp3) is 0.571. The second kappa shape index (κ2) is 7.57. The van der Waals surface area contributed by atoms with Gasteiger partial charge in [0.1, 0.15) is 0 Å². The number of nitrogens with zero attached hydrogens (tertiary/aromatic N) is 1. The van der Waals surface area contributed by atoms with Gasteiger partial charge in [-0.1, -0.05) is 0 Å². The van der Waals surface area contributed by atoms with E-state index in [-0.39, 0.29) is 35.1 Å². The number of nitro benzene ring substituents is 1. The second-order valence-electron chi connectivity index (χ2n) is 5.89. The van der Waals surface area contributed by atoms with Crippen molar-refractivity contribution in [2.75, 3.05) is 0 Å². The lowest BCUT2D eigenvalue weighted by atomic mass is 9.93. The lowest BCUT2D eigenvalue weighted by Gasteiger charge is -2.26. The zero-order chi connectivity index (χ0) is 16.5. The zero-order valence-corrected chi connectivity index (χ0v) is 14.7. The molecule has 0 aromatic heterocycles. The van der Waals surface area contributed by atoms with E-state index in [4.69, 9.17) is 5.73 Å². The van der Waals surface area contributed by atoms with E-state index < -0.39 is 14.9 Å². The van der Waals surface area contributed by atoms with Crippen LogP contribution >= 0.6 is 12.4 Å². The maximum atomic E-state index is 12.5. The van der Waals surface area contributed by atoms with Crippen molar-refractivity contribution in [3.8, 4) is 0 Å². The lowest BCUT2D eigenvalue weighted by Crippen LogP contribution is -2.40. The number of rotatable bonds is 4. The predicted molar refractivity (Wildman–Crippen MR) is 90.4 cm³/mol. The van der Waals surface area contributed by atoms with Gasteiger partial charge in [-0.2, -0.15) is 0 Å². The Morgan fingerprint density at radius 3 is 2.26 bits per heavy atom. The quantitative estimate of drug-likeness (QED) is 0.628. The lowest BCUT2D eigenvalue weighted by molar-refractivity contribution is -0.385. The molecule has 0 heterocycles. The van der Waals surface area contributed by atoms with Gasteiger partial charge in [0.05, 0.1) is 9.82 Å². The molecule has 0 atom stereocenters. The maximum absolute atomic E-state index is 12.5. The Bertz CT molecular complexity index is 686. The van der Waals surface area contributed by atoms with Crippen LogP contribution in [0, 0.1) is 24.0 Å². The minimum atomic E-state index is -3.78. The molecule has 1 aliphatic rings. The summed E-state index contributed by atoms with van der Waals surface area (Å²) in [5, 5.41) is 11.0. The Labute approximate surface area is 142 Å². The van der Waals surface area contributed by atoms with Crippen molar-refractivity contribution in [2.45, 2.75) is 56.5 Å². The van der Waals surface area contributed by atoms with E-state index in [1.165, 1.54) is 6.07 Å². The third-order valence-electron chi connectivity index (χ3n) is 4.07. The molecule has 0 radical (unpaired) electrons. The van der Waals surface area contributed by atoms with Crippen LogP contribution in [0.4, 0.5) is 5.69 Å². The van der Waals surface area contributed by atoms with Crippen molar-refractivity contribution in [2.24, 2.45) is 5.73 Å². The van der Waals surface area contributed by atoms with Crippen molar-refractivity contribution in [3.05, 3.63) is 33.4 Å². The van der Waals surface area contributed by atoms with Crippen LogP contribution in [-0.2, 0) is 10.0 Å². The van der Waals surface area contributed by atoms with Gasteiger partial charge in [0.2, 0.25) is 10.0 Å². The first kappa shape index (κ1) is 19.8. The van der Waals surface area contributed by atoms with Gasteiger partial charge in [0, 0.05) is 23.7 Å². The summed E-state index contributed by atoms with van der Waals surface area (Å²) >= 11 is 0. The Balaban J connectivity index is 0.00000264. The normalized spacial score (nSPS) is 21.5. The number of sulfonamides is 1. The molecule has 0 bridgehead atoms. The summed E-state index contributed by atoms with van der Waals surface area (Å²) in [7, 11) is -3.78. The SMILES string of the molecule is Cc1cc(C)c(S(=O)(=O)NC2CCC(N)CC2)cc1[N+](=O)[O-].Cl. The molecule has 23 heavy (non-hydrogen) atoms. The molecule has 0 spiro atoms. The largest absolute Gasteiger partial charge is 0.328 e. The number of hydrogen-bond acceptors (Lipinski definition) is 5. The molecule has 1 aromatic carbocycles. The molecule has 1 fully saturated rings. The van der Waals surface area contributed by atoms with Crippen LogP contribution in [-0.4, -0.2) is 25.4 Å². The van der Waals surface area contributed by atoms with E-state index in [9.17, 15) is 18.5 Å². The highest BCUT2D eigenvalue weighted by molar-refractivity contribution is 7.89. The maximum Gasteiger partial charge on any atom is 0.273 e. The summed E-state index contributed by atoms with van der Waals surface area (Å²) < 4.78 is 27.7. The molecule has 0 amide bonds. The first-order valence-corrected chi connectivity index (χ1v) is 8.72. The average molecular weight is 364 g/mol. The summed E-state index contributed by atoms with van der Waals surface area (Å²) in [5.74, 6) is 0. The Hall–Kier alpha value is -1.22. The number of benzene rings is 1. The smallest absolute Gasteiger partial charge is 0.273 e. The van der Waals surface area contributed by atoms with Crippen LogP contribution in [0.1, 0.15) is 36.8 Å². The van der Waals surface area contributed by atoms with Gasteiger partial charge in [-0.25, -0.2) is 13.1 Å². The van der Waals surface area contributed by atoms with Crippen molar-refractivity contribution in [1.82, 2.24) is 4.72 Å². The standard InChI is InChI=1S/C14H21N3O4S.ClH/c1-9-7-10(2)14(8-13(9)17(18)19)22(20,21)16-12-5-3-11(15)4-6-12;/h7-8,11-12,16H,3-6,15H2,1-2H3;1H. The van der Waals surface area contributed by atoms with Gasteiger partial charge in [-0.05, 0) is 51.2 Å². The summed E-state index contributed by atoms with van der Waals surface area (Å²) in [5.41, 5.74) is 6.58. The van der Waals surface area contributed by atoms with Crippen LogP contribution in [0.3, 0.4) is 0 Å². The van der Waals surface area contributed by atoms with Crippen LogP contribution in [0.5, 0.6) is 0 Å². The van der Waals surface area contributed by atoms with Crippen molar-refractivity contribution in [1.29, 1.82) is 0 Å². The fourth-order valence-corrected chi connectivity index (χ4v) is 4.38. The number of nitrogens with two attached hydrogens (primary N) is 1. The molecule has 7 nitrogen and oxygen atoms in total. The highest BCUT2D eigenvalue weighted by Crippen LogP contribution is 2.27. The van der Waals surface area contributed by atoms with Gasteiger partial charge in [-0.15, -0.1) is 12.4 Å². The Morgan fingerprint density at radius 1 is 1.17 bits per heavy atom. The van der Waals surface area contributed by atoms with E-state index >= 15 is 0 Å². The van der Waals surface area contributed by atoms with Gasteiger partial charge in [0.15, 0.2) is 0 Å². The number of aryl methyl sites for hydroxylation is 2. The third-order valence-corrected chi connectivity index (χ3v) is 5.74. The van der Waals surface area contributed by atoms with Gasteiger partial charge >= 0.3 is 0 Å². The number of hydrogen-bond donors (Lipinski definition) is 2. The molecule has 1 aromatic rings. The average Bonchev–Trinajstić information content (AvgIpc) is 2.40. The van der Waals surface area contributed by atoms with E-state index in [0.717, 1.165) is 18.9 Å². The number of nitrogens with one attached hydrogen (secondary N) is 1. The van der Waals surface area contributed by atoms with Gasteiger partial charge in [-0.3, -0.25) is 10.1 Å². The van der Waals surface area contributed by atoms with Crippen LogP contribution < -0.4 is 10.5 Å². The molecule has 9 heteroatoms. The van der Waals surface area contributed by atoms with E-state index in [0.29, 0.717) is 24.0 Å². The molecule has 1 aliphatic carbocycles. The summed E-state index contributed by atoms with van der Waals surface area (Å²) in [6.07, 6.45) is 2.93. The minimum absolute atomic E-state index is 0. The van der Waals surface area contributed by atoms with Crippen molar-refractivity contribution >= 4 is 28.1 Å². The van der Waals surface area contributed by atoms with Crippen LogP contribution in [0.15, 0.2) is 17.0 Å². The fourth-order valence-electron chi connectivity index (χ4n) is 2.83. The first-order valence-electron chi connectivity index (χ1n) is 7.24. The van der Waals surface area contributed by atoms with E-state index in [1.807, 2.05) is 0 Å². The highest BCUT2D eigenvalue weighted by Gasteiger charge is 2.27. The van der Waals surface area contributed by atoms with Crippen LogP contribution in [0.2, 0.25) is 0 Å².